The van der Waals surface area contributed by atoms with Crippen molar-refractivity contribution >= 4 is 38.9 Å². The smallest absolute Gasteiger partial charge is 0.230 e. The van der Waals surface area contributed by atoms with Crippen LogP contribution < -0.4 is 5.32 Å². The molecule has 0 atom stereocenters. The number of amides is 1. The van der Waals surface area contributed by atoms with Gasteiger partial charge in [-0.2, -0.15) is 0 Å². The molecule has 0 spiro atoms. The van der Waals surface area contributed by atoms with E-state index in [2.05, 4.69) is 41.8 Å². The molecule has 0 aliphatic carbocycles. The molecule has 2 heterocycles. The van der Waals surface area contributed by atoms with Gasteiger partial charge in [0.15, 0.2) is 0 Å². The molecule has 4 aromatic rings. The molecular weight excluding hydrogens is 428 g/mol. The van der Waals surface area contributed by atoms with Crippen molar-refractivity contribution in [1.82, 2.24) is 25.2 Å². The summed E-state index contributed by atoms with van der Waals surface area (Å²) in [5.41, 5.74) is 3.21. The maximum atomic E-state index is 12.4. The van der Waals surface area contributed by atoms with Crippen molar-refractivity contribution < 1.29 is 4.79 Å². The summed E-state index contributed by atoms with van der Waals surface area (Å²) in [6, 6.07) is 15.3. The van der Waals surface area contributed by atoms with Gasteiger partial charge in [0.1, 0.15) is 11.3 Å². The Hall–Kier alpha value is -2.91. The van der Waals surface area contributed by atoms with Crippen LogP contribution >= 0.6 is 27.3 Å². The van der Waals surface area contributed by atoms with Crippen molar-refractivity contribution in [3.63, 3.8) is 0 Å². The number of carbonyl (C=O) groups is 1. The van der Waals surface area contributed by atoms with E-state index in [1.54, 1.807) is 0 Å². The highest BCUT2D eigenvalue weighted by molar-refractivity contribution is 9.10. The molecule has 1 N–H and O–H groups in total. The Kier molecular flexibility index (Phi) is 5.03. The fourth-order valence-electron chi connectivity index (χ4n) is 2.52. The average molecular weight is 441 g/mol. The molecule has 9 heteroatoms. The number of tetrazole rings is 1. The largest absolute Gasteiger partial charge is 0.326 e. The van der Waals surface area contributed by atoms with E-state index in [1.165, 1.54) is 22.3 Å². The first-order valence-electron chi connectivity index (χ1n) is 8.01. The lowest BCUT2D eigenvalue weighted by molar-refractivity contribution is -0.115. The zero-order valence-corrected chi connectivity index (χ0v) is 16.3. The Balaban J connectivity index is 1.44. The highest BCUT2D eigenvalue weighted by Crippen LogP contribution is 2.26. The Morgan fingerprint density at radius 3 is 2.89 bits per heavy atom. The van der Waals surface area contributed by atoms with Gasteiger partial charge >= 0.3 is 0 Å². The summed E-state index contributed by atoms with van der Waals surface area (Å²) < 4.78 is 2.53. The van der Waals surface area contributed by atoms with E-state index in [0.717, 1.165) is 26.4 Å². The van der Waals surface area contributed by atoms with Gasteiger partial charge < -0.3 is 5.32 Å². The first-order valence-corrected chi connectivity index (χ1v) is 9.68. The first-order chi connectivity index (χ1) is 13.2. The lowest BCUT2D eigenvalue weighted by atomic mass is 10.2. The molecule has 0 bridgehead atoms. The molecule has 27 heavy (non-hydrogen) atoms. The quantitative estimate of drug-likeness (QED) is 0.510. The zero-order chi connectivity index (χ0) is 18.6. The van der Waals surface area contributed by atoms with Gasteiger partial charge in [-0.15, -0.1) is 16.4 Å². The van der Waals surface area contributed by atoms with Gasteiger partial charge in [0, 0.05) is 21.1 Å². The van der Waals surface area contributed by atoms with Gasteiger partial charge in [-0.3, -0.25) is 4.79 Å². The van der Waals surface area contributed by atoms with E-state index in [0.29, 0.717) is 5.69 Å². The molecule has 7 nitrogen and oxygen atoms in total. The predicted octanol–water partition coefficient (Wildman–Crippen LogP) is 3.73. The van der Waals surface area contributed by atoms with Crippen LogP contribution in [-0.2, 0) is 11.2 Å². The number of nitrogens with one attached hydrogen (secondary N) is 1. The van der Waals surface area contributed by atoms with E-state index in [1.807, 2.05) is 53.9 Å². The summed E-state index contributed by atoms with van der Waals surface area (Å²) in [5.74, 6) is -0.130. The monoisotopic (exact) mass is 440 g/mol. The molecule has 1 amide bonds. The van der Waals surface area contributed by atoms with Gasteiger partial charge in [0.05, 0.1) is 17.8 Å². The number of carbonyl (C=O) groups excluding carboxylic acids is 1. The van der Waals surface area contributed by atoms with Crippen LogP contribution in [0.1, 0.15) is 5.69 Å². The minimum Gasteiger partial charge on any atom is -0.326 e. The molecule has 0 fully saturated rings. The minimum atomic E-state index is -0.130. The van der Waals surface area contributed by atoms with Gasteiger partial charge in [-0.05, 0) is 40.8 Å². The summed E-state index contributed by atoms with van der Waals surface area (Å²) >= 11 is 4.99. The van der Waals surface area contributed by atoms with Crippen molar-refractivity contribution in [3.8, 4) is 16.3 Å². The molecule has 0 saturated heterocycles. The third-order valence-electron chi connectivity index (χ3n) is 3.71. The fourth-order valence-corrected chi connectivity index (χ4v) is 3.73. The predicted molar refractivity (Wildman–Crippen MR) is 107 cm³/mol. The number of nitrogens with zero attached hydrogens (tertiary/aromatic N) is 5. The number of halogens is 1. The fraction of sp³-hybridized carbons (Fsp3) is 0.0556. The second kappa shape index (κ2) is 7.77. The zero-order valence-electron chi connectivity index (χ0n) is 13.9. The van der Waals surface area contributed by atoms with E-state index in [-0.39, 0.29) is 12.3 Å². The molecule has 0 aliphatic rings. The van der Waals surface area contributed by atoms with Crippen LogP contribution in [0.25, 0.3) is 16.3 Å². The van der Waals surface area contributed by atoms with Crippen LogP contribution in [0.2, 0.25) is 0 Å². The van der Waals surface area contributed by atoms with Gasteiger partial charge in [-0.25, -0.2) is 9.67 Å². The summed E-state index contributed by atoms with van der Waals surface area (Å²) in [4.78, 5) is 16.9. The Morgan fingerprint density at radius 1 is 1.19 bits per heavy atom. The van der Waals surface area contributed by atoms with Crippen LogP contribution in [0.15, 0.2) is 64.7 Å². The molecule has 0 radical (unpaired) electrons. The van der Waals surface area contributed by atoms with Crippen LogP contribution in [0, 0.1) is 0 Å². The van der Waals surface area contributed by atoms with Crippen LogP contribution in [0.5, 0.6) is 0 Å². The molecule has 134 valence electrons. The van der Waals surface area contributed by atoms with Crippen LogP contribution in [0.4, 0.5) is 5.69 Å². The number of anilines is 1. The number of rotatable bonds is 5. The summed E-state index contributed by atoms with van der Waals surface area (Å²) in [5, 5.41) is 16.8. The summed E-state index contributed by atoms with van der Waals surface area (Å²) in [7, 11) is 0. The van der Waals surface area contributed by atoms with Gasteiger partial charge in [-0.1, -0.05) is 34.1 Å². The topological polar surface area (TPSA) is 85.6 Å². The number of aromatic nitrogens is 5. The third-order valence-corrected chi connectivity index (χ3v) is 5.14. The maximum Gasteiger partial charge on any atom is 0.230 e. The lowest BCUT2D eigenvalue weighted by Gasteiger charge is -2.06. The Labute approximate surface area is 167 Å². The number of benzene rings is 2. The Morgan fingerprint density at radius 2 is 2.07 bits per heavy atom. The van der Waals surface area contributed by atoms with E-state index >= 15 is 0 Å². The highest BCUT2D eigenvalue weighted by atomic mass is 79.9. The highest BCUT2D eigenvalue weighted by Gasteiger charge is 2.10. The van der Waals surface area contributed by atoms with E-state index in [4.69, 9.17) is 0 Å². The van der Waals surface area contributed by atoms with E-state index < -0.39 is 0 Å². The summed E-state index contributed by atoms with van der Waals surface area (Å²) in [6.07, 6.45) is 1.71. The molecular formula is C18H13BrN6OS. The normalized spacial score (nSPS) is 10.7. The third kappa shape index (κ3) is 4.26. The summed E-state index contributed by atoms with van der Waals surface area (Å²) in [6.45, 7) is 0. The second-order valence-electron chi connectivity index (χ2n) is 5.68. The van der Waals surface area contributed by atoms with Crippen molar-refractivity contribution in [2.45, 2.75) is 6.42 Å². The van der Waals surface area contributed by atoms with Crippen molar-refractivity contribution in [2.24, 2.45) is 0 Å². The number of hydrogen-bond acceptors (Lipinski definition) is 6. The number of hydrogen-bond donors (Lipinski definition) is 1. The van der Waals surface area contributed by atoms with E-state index in [9.17, 15) is 4.79 Å². The van der Waals surface area contributed by atoms with Crippen molar-refractivity contribution in [2.75, 3.05) is 5.32 Å². The number of thiazole rings is 1. The maximum absolute atomic E-state index is 12.4. The molecule has 0 unspecified atom stereocenters. The second-order valence-corrected chi connectivity index (χ2v) is 7.46. The molecule has 4 rings (SSSR count). The molecule has 0 aliphatic heterocycles. The lowest BCUT2D eigenvalue weighted by Crippen LogP contribution is -2.14. The van der Waals surface area contributed by atoms with Crippen molar-refractivity contribution in [3.05, 3.63) is 70.4 Å². The first kappa shape index (κ1) is 17.5. The molecule has 0 saturated carbocycles. The molecule has 2 aromatic heterocycles. The SMILES string of the molecule is O=C(Cc1csc(-c2cccc(Br)c2)n1)Nc1cccc(-n2cnnn2)c1. The van der Waals surface area contributed by atoms with Crippen molar-refractivity contribution in [1.29, 1.82) is 0 Å². The van der Waals surface area contributed by atoms with Gasteiger partial charge in [0.2, 0.25) is 5.91 Å². The van der Waals surface area contributed by atoms with Crippen LogP contribution in [0.3, 0.4) is 0 Å². The van der Waals surface area contributed by atoms with Gasteiger partial charge in [0.25, 0.3) is 0 Å². The minimum absolute atomic E-state index is 0.130. The molecule has 2 aromatic carbocycles. The standard InChI is InChI=1S/C18H13BrN6OS/c19-13-4-1-3-12(7-13)18-22-15(10-27-18)9-17(26)21-14-5-2-6-16(8-14)25-11-20-23-24-25/h1-8,10-11H,9H2,(H,21,26). The van der Waals surface area contributed by atoms with Crippen LogP contribution in [-0.4, -0.2) is 31.1 Å². The average Bonchev–Trinajstić information content (AvgIpc) is 3.34. The Bertz CT molecular complexity index is 1080.